The Hall–Kier alpha value is -1.54. The molecule has 0 radical (unpaired) electrons. The largest absolute Gasteiger partial charge is 0.338 e. The van der Waals surface area contributed by atoms with Crippen molar-refractivity contribution in [3.05, 3.63) is 34.9 Å². The zero-order valence-corrected chi connectivity index (χ0v) is 16.6. The van der Waals surface area contributed by atoms with Gasteiger partial charge in [-0.2, -0.15) is 0 Å². The van der Waals surface area contributed by atoms with Gasteiger partial charge in [-0.3, -0.25) is 4.79 Å². The van der Waals surface area contributed by atoms with E-state index in [9.17, 15) is 22.0 Å². The van der Waals surface area contributed by atoms with E-state index in [4.69, 9.17) is 0 Å². The first-order valence-electron chi connectivity index (χ1n) is 9.41. The average molecular weight is 400 g/mol. The summed E-state index contributed by atoms with van der Waals surface area (Å²) >= 11 is 0. The van der Waals surface area contributed by atoms with Crippen LogP contribution in [0.15, 0.2) is 12.1 Å². The first-order valence-corrected chi connectivity index (χ1v) is 11.0. The lowest BCUT2D eigenvalue weighted by Gasteiger charge is -2.39. The molecule has 0 unspecified atom stereocenters. The van der Waals surface area contributed by atoms with E-state index in [2.05, 4.69) is 0 Å². The lowest BCUT2D eigenvalue weighted by molar-refractivity contribution is 0.0590. The molecule has 1 spiro atoms. The Labute approximate surface area is 159 Å². The Bertz CT molecular complexity index is 834. The van der Waals surface area contributed by atoms with Crippen LogP contribution in [0, 0.1) is 24.0 Å². The maximum atomic E-state index is 14.3. The van der Waals surface area contributed by atoms with E-state index in [-0.39, 0.29) is 16.7 Å². The summed E-state index contributed by atoms with van der Waals surface area (Å²) in [5.74, 6) is -2.13. The number of halogens is 2. The number of rotatable bonds is 4. The monoisotopic (exact) mass is 400 g/mol. The zero-order valence-electron chi connectivity index (χ0n) is 15.8. The van der Waals surface area contributed by atoms with E-state index in [1.165, 1.54) is 17.9 Å². The molecule has 1 aromatic rings. The van der Waals surface area contributed by atoms with E-state index < -0.39 is 33.1 Å². The second-order valence-electron chi connectivity index (χ2n) is 7.75. The van der Waals surface area contributed by atoms with Crippen molar-refractivity contribution in [3.63, 3.8) is 0 Å². The standard InChI is InChI=1S/C19H26F2N2O3S/c1-3-12-27(25,26)23-11-8-19(13-23)6-9-22(10-7-19)18(24)16-15(20)5-4-14(2)17(16)21/h4-5H,3,6-13H2,1-2H3. The Morgan fingerprint density at radius 1 is 1.15 bits per heavy atom. The highest BCUT2D eigenvalue weighted by molar-refractivity contribution is 7.89. The average Bonchev–Trinajstić information content (AvgIpc) is 3.04. The van der Waals surface area contributed by atoms with E-state index >= 15 is 0 Å². The molecule has 0 aliphatic carbocycles. The minimum Gasteiger partial charge on any atom is -0.338 e. The number of piperidine rings is 1. The second-order valence-corrected chi connectivity index (χ2v) is 9.83. The quantitative estimate of drug-likeness (QED) is 0.781. The van der Waals surface area contributed by atoms with Crippen LogP contribution in [0.1, 0.15) is 48.5 Å². The molecule has 1 aromatic carbocycles. The fraction of sp³-hybridized carbons (Fsp3) is 0.632. The third-order valence-electron chi connectivity index (χ3n) is 5.87. The number of benzene rings is 1. The Kier molecular flexibility index (Phi) is 5.59. The van der Waals surface area contributed by atoms with Crippen molar-refractivity contribution in [2.24, 2.45) is 5.41 Å². The predicted molar refractivity (Wildman–Crippen MR) is 98.9 cm³/mol. The molecule has 27 heavy (non-hydrogen) atoms. The topological polar surface area (TPSA) is 57.7 Å². The zero-order chi connectivity index (χ0) is 19.8. The fourth-order valence-corrected chi connectivity index (χ4v) is 5.74. The summed E-state index contributed by atoms with van der Waals surface area (Å²) in [4.78, 5) is 14.1. The van der Waals surface area contributed by atoms with Gasteiger partial charge in [0.2, 0.25) is 10.0 Å². The maximum Gasteiger partial charge on any atom is 0.259 e. The van der Waals surface area contributed by atoms with Gasteiger partial charge >= 0.3 is 0 Å². The van der Waals surface area contributed by atoms with Crippen molar-refractivity contribution in [3.8, 4) is 0 Å². The van der Waals surface area contributed by atoms with Crippen LogP contribution < -0.4 is 0 Å². The normalized spacial score (nSPS) is 20.4. The van der Waals surface area contributed by atoms with Gasteiger partial charge in [0.25, 0.3) is 5.91 Å². The molecule has 2 saturated heterocycles. The molecule has 150 valence electrons. The Morgan fingerprint density at radius 3 is 2.41 bits per heavy atom. The number of hydrogen-bond acceptors (Lipinski definition) is 3. The van der Waals surface area contributed by atoms with Gasteiger partial charge in [-0.15, -0.1) is 0 Å². The molecule has 2 fully saturated rings. The van der Waals surface area contributed by atoms with Gasteiger partial charge in [0.15, 0.2) is 0 Å². The van der Waals surface area contributed by atoms with Gasteiger partial charge in [0.05, 0.1) is 5.75 Å². The molecule has 0 N–H and O–H groups in total. The summed E-state index contributed by atoms with van der Waals surface area (Å²) < 4.78 is 54.4. The number of carbonyl (C=O) groups excluding carboxylic acids is 1. The lowest BCUT2D eigenvalue weighted by Crippen LogP contribution is -2.45. The van der Waals surface area contributed by atoms with Crippen LogP contribution in [0.2, 0.25) is 0 Å². The van der Waals surface area contributed by atoms with Gasteiger partial charge in [-0.05, 0) is 49.7 Å². The first kappa shape index (κ1) is 20.2. The van der Waals surface area contributed by atoms with Crippen LogP contribution in [-0.2, 0) is 10.0 Å². The van der Waals surface area contributed by atoms with Crippen LogP contribution in [0.25, 0.3) is 0 Å². The van der Waals surface area contributed by atoms with Crippen LogP contribution >= 0.6 is 0 Å². The number of aryl methyl sites for hydroxylation is 1. The van der Waals surface area contributed by atoms with E-state index in [1.54, 1.807) is 4.31 Å². The highest BCUT2D eigenvalue weighted by Crippen LogP contribution is 2.41. The van der Waals surface area contributed by atoms with Crippen LogP contribution in [0.4, 0.5) is 8.78 Å². The lowest BCUT2D eigenvalue weighted by atomic mass is 9.77. The third-order valence-corrected chi connectivity index (χ3v) is 7.89. The van der Waals surface area contributed by atoms with Gasteiger partial charge in [0, 0.05) is 26.2 Å². The predicted octanol–water partition coefficient (Wildman–Crippen LogP) is 2.94. The number of carbonyl (C=O) groups is 1. The summed E-state index contributed by atoms with van der Waals surface area (Å²) in [6.07, 6.45) is 2.64. The molecule has 0 aromatic heterocycles. The summed E-state index contributed by atoms with van der Waals surface area (Å²) in [5, 5.41) is 0. The molecular formula is C19H26F2N2O3S. The second kappa shape index (κ2) is 7.47. The molecule has 0 bridgehead atoms. The number of likely N-dealkylation sites (tertiary alicyclic amines) is 1. The first-order chi connectivity index (χ1) is 12.7. The van der Waals surface area contributed by atoms with E-state index in [1.807, 2.05) is 6.92 Å². The summed E-state index contributed by atoms with van der Waals surface area (Å²) in [7, 11) is -3.22. The van der Waals surface area contributed by atoms with Crippen molar-refractivity contribution in [2.45, 2.75) is 39.5 Å². The third kappa shape index (κ3) is 3.87. The van der Waals surface area contributed by atoms with Crippen LogP contribution in [-0.4, -0.2) is 55.5 Å². The van der Waals surface area contributed by atoms with E-state index in [0.29, 0.717) is 45.4 Å². The van der Waals surface area contributed by atoms with Gasteiger partial charge < -0.3 is 4.90 Å². The van der Waals surface area contributed by atoms with Crippen LogP contribution in [0.5, 0.6) is 0 Å². The fourth-order valence-electron chi connectivity index (χ4n) is 4.12. The van der Waals surface area contributed by atoms with E-state index in [0.717, 1.165) is 12.5 Å². The number of hydrogen-bond donors (Lipinski definition) is 0. The van der Waals surface area contributed by atoms with Crippen molar-refractivity contribution in [1.29, 1.82) is 0 Å². The highest BCUT2D eigenvalue weighted by Gasteiger charge is 2.44. The highest BCUT2D eigenvalue weighted by atomic mass is 32.2. The molecule has 0 atom stereocenters. The molecule has 2 aliphatic heterocycles. The van der Waals surface area contributed by atoms with Gasteiger partial charge in [-0.25, -0.2) is 21.5 Å². The molecule has 5 nitrogen and oxygen atoms in total. The maximum absolute atomic E-state index is 14.3. The van der Waals surface area contributed by atoms with Crippen LogP contribution in [0.3, 0.4) is 0 Å². The SMILES string of the molecule is CCCS(=O)(=O)N1CCC2(CCN(C(=O)c3c(F)ccc(C)c3F)CC2)C1. The summed E-state index contributed by atoms with van der Waals surface area (Å²) in [6.45, 7) is 5.10. The van der Waals surface area contributed by atoms with Crippen molar-refractivity contribution in [2.75, 3.05) is 31.9 Å². The number of sulfonamides is 1. The molecule has 3 rings (SSSR count). The molecule has 8 heteroatoms. The van der Waals surface area contributed by atoms with Gasteiger partial charge in [0.1, 0.15) is 17.2 Å². The Morgan fingerprint density at radius 2 is 1.78 bits per heavy atom. The smallest absolute Gasteiger partial charge is 0.259 e. The Balaban J connectivity index is 1.68. The molecule has 2 aliphatic rings. The minimum atomic E-state index is -3.22. The van der Waals surface area contributed by atoms with Crippen molar-refractivity contribution in [1.82, 2.24) is 9.21 Å². The molecule has 2 heterocycles. The molecular weight excluding hydrogens is 374 g/mol. The summed E-state index contributed by atoms with van der Waals surface area (Å²) in [5.41, 5.74) is -0.397. The number of nitrogens with zero attached hydrogens (tertiary/aromatic N) is 2. The molecule has 1 amide bonds. The van der Waals surface area contributed by atoms with Crippen molar-refractivity contribution < 1.29 is 22.0 Å². The molecule has 0 saturated carbocycles. The van der Waals surface area contributed by atoms with Crippen molar-refractivity contribution >= 4 is 15.9 Å². The van der Waals surface area contributed by atoms with Gasteiger partial charge in [-0.1, -0.05) is 13.0 Å². The summed E-state index contributed by atoms with van der Waals surface area (Å²) in [6, 6.07) is 2.43. The number of amides is 1. The minimum absolute atomic E-state index is 0.138.